The Kier molecular flexibility index (Phi) is 2.97. The van der Waals surface area contributed by atoms with Gasteiger partial charge in [0.25, 0.3) is 0 Å². The van der Waals surface area contributed by atoms with Gasteiger partial charge in [0.1, 0.15) is 11.5 Å². The molecule has 17 heavy (non-hydrogen) atoms. The Balaban J connectivity index is 2.32. The van der Waals surface area contributed by atoms with E-state index < -0.39 is 0 Å². The van der Waals surface area contributed by atoms with Gasteiger partial charge >= 0.3 is 0 Å². The summed E-state index contributed by atoms with van der Waals surface area (Å²) >= 11 is 0. The van der Waals surface area contributed by atoms with Crippen molar-refractivity contribution in [1.82, 2.24) is 9.97 Å². The summed E-state index contributed by atoms with van der Waals surface area (Å²) in [5.41, 5.74) is 5.74. The van der Waals surface area contributed by atoms with Crippen LogP contribution in [0.25, 0.3) is 0 Å². The third-order valence-corrected chi connectivity index (χ3v) is 2.81. The molecule has 0 spiro atoms. The minimum Gasteiger partial charge on any atom is -0.382 e. The summed E-state index contributed by atoms with van der Waals surface area (Å²) in [6.07, 6.45) is 1.63. The van der Waals surface area contributed by atoms with E-state index in [1.54, 1.807) is 12.3 Å². The zero-order chi connectivity index (χ0) is 12.5. The lowest BCUT2D eigenvalue weighted by Crippen LogP contribution is -2.54. The second-order valence-electron chi connectivity index (χ2n) is 4.67. The van der Waals surface area contributed by atoms with Crippen LogP contribution in [0.1, 0.15) is 19.5 Å². The fourth-order valence-electron chi connectivity index (χ4n) is 1.86. The van der Waals surface area contributed by atoms with Crippen molar-refractivity contribution < 1.29 is 4.74 Å². The largest absolute Gasteiger partial charge is 0.382 e. The van der Waals surface area contributed by atoms with E-state index in [1.165, 1.54) is 0 Å². The second kappa shape index (κ2) is 4.29. The molecule has 6 nitrogen and oxygen atoms in total. The third kappa shape index (κ3) is 2.36. The molecule has 0 atom stereocenters. The number of nitrogens with two attached hydrogens (primary N) is 1. The van der Waals surface area contributed by atoms with Crippen LogP contribution in [0.4, 0.5) is 5.95 Å². The normalized spacial score (nSPS) is 19.1. The summed E-state index contributed by atoms with van der Waals surface area (Å²) in [7, 11) is 0. The van der Waals surface area contributed by atoms with E-state index in [1.807, 2.05) is 0 Å². The summed E-state index contributed by atoms with van der Waals surface area (Å²) in [6, 6.07) is 1.64. The Morgan fingerprint density at radius 3 is 3.00 bits per heavy atom. The van der Waals surface area contributed by atoms with Crippen molar-refractivity contribution in [3.63, 3.8) is 0 Å². The third-order valence-electron chi connectivity index (χ3n) is 2.81. The number of rotatable bonds is 2. The smallest absolute Gasteiger partial charge is 0.226 e. The van der Waals surface area contributed by atoms with Crippen molar-refractivity contribution >= 4 is 11.8 Å². The zero-order valence-electron chi connectivity index (χ0n) is 10.1. The summed E-state index contributed by atoms with van der Waals surface area (Å²) in [6.45, 7) is 6.21. The van der Waals surface area contributed by atoms with E-state index in [-0.39, 0.29) is 11.4 Å². The summed E-state index contributed by atoms with van der Waals surface area (Å²) < 4.78 is 5.45. The lowest BCUT2D eigenvalue weighted by molar-refractivity contribution is 0.0634. The fraction of sp³-hybridized carbons (Fsp3) is 0.545. The van der Waals surface area contributed by atoms with Crippen LogP contribution in [0.3, 0.4) is 0 Å². The maximum absolute atomic E-state index is 7.39. The molecule has 0 radical (unpaired) electrons. The second-order valence-corrected chi connectivity index (χ2v) is 4.67. The molecule has 1 aliphatic heterocycles. The number of hydrogen-bond donors (Lipinski definition) is 2. The number of anilines is 1. The van der Waals surface area contributed by atoms with Crippen LogP contribution in [0, 0.1) is 5.41 Å². The van der Waals surface area contributed by atoms with Gasteiger partial charge in [0.2, 0.25) is 5.95 Å². The first-order valence-corrected chi connectivity index (χ1v) is 5.53. The topological polar surface area (TPSA) is 88.1 Å². The Morgan fingerprint density at radius 1 is 1.59 bits per heavy atom. The number of hydrogen-bond acceptors (Lipinski definition) is 5. The van der Waals surface area contributed by atoms with Gasteiger partial charge in [-0.2, -0.15) is 0 Å². The molecule has 92 valence electrons. The molecule has 1 aromatic heterocycles. The van der Waals surface area contributed by atoms with Crippen LogP contribution in [-0.4, -0.2) is 41.1 Å². The van der Waals surface area contributed by atoms with Crippen LogP contribution in [0.2, 0.25) is 0 Å². The first-order valence-electron chi connectivity index (χ1n) is 5.53. The van der Waals surface area contributed by atoms with Gasteiger partial charge < -0.3 is 15.4 Å². The van der Waals surface area contributed by atoms with E-state index in [0.29, 0.717) is 24.9 Å². The SMILES string of the molecule is CC1(C)COCCN1c1nccc(C(=N)N)n1. The molecule has 2 rings (SSSR count). The number of aromatic nitrogens is 2. The molecule has 0 aromatic carbocycles. The fourth-order valence-corrected chi connectivity index (χ4v) is 1.86. The lowest BCUT2D eigenvalue weighted by atomic mass is 10.0. The maximum atomic E-state index is 7.39. The van der Waals surface area contributed by atoms with E-state index in [2.05, 4.69) is 28.7 Å². The Morgan fingerprint density at radius 2 is 2.35 bits per heavy atom. The molecule has 1 aliphatic rings. The molecule has 0 amide bonds. The number of ether oxygens (including phenoxy) is 1. The van der Waals surface area contributed by atoms with Crippen molar-refractivity contribution in [2.24, 2.45) is 5.73 Å². The molecule has 6 heteroatoms. The van der Waals surface area contributed by atoms with Crippen LogP contribution in [0.15, 0.2) is 12.3 Å². The van der Waals surface area contributed by atoms with Crippen molar-refractivity contribution in [3.05, 3.63) is 18.0 Å². The van der Waals surface area contributed by atoms with E-state index in [4.69, 9.17) is 15.9 Å². The van der Waals surface area contributed by atoms with Gasteiger partial charge in [-0.15, -0.1) is 0 Å². The van der Waals surface area contributed by atoms with Gasteiger partial charge in [-0.3, -0.25) is 5.41 Å². The summed E-state index contributed by atoms with van der Waals surface area (Å²) in [5, 5.41) is 7.39. The van der Waals surface area contributed by atoms with Gasteiger partial charge in [0.15, 0.2) is 0 Å². The van der Waals surface area contributed by atoms with Gasteiger partial charge in [0, 0.05) is 12.7 Å². The molecule has 1 fully saturated rings. The molecular formula is C11H17N5O. The highest BCUT2D eigenvalue weighted by Crippen LogP contribution is 2.23. The highest BCUT2D eigenvalue weighted by molar-refractivity contribution is 5.93. The quantitative estimate of drug-likeness (QED) is 0.571. The van der Waals surface area contributed by atoms with Gasteiger partial charge in [-0.1, -0.05) is 0 Å². The van der Waals surface area contributed by atoms with E-state index >= 15 is 0 Å². The zero-order valence-corrected chi connectivity index (χ0v) is 10.1. The average molecular weight is 235 g/mol. The van der Waals surface area contributed by atoms with Crippen molar-refractivity contribution in [3.8, 4) is 0 Å². The highest BCUT2D eigenvalue weighted by atomic mass is 16.5. The molecule has 0 bridgehead atoms. The standard InChI is InChI=1S/C11H17N5O/c1-11(2)7-17-6-5-16(11)10-14-4-3-8(15-10)9(12)13/h3-4H,5-7H2,1-2H3,(H3,12,13). The Hall–Kier alpha value is -1.69. The molecule has 0 unspecified atom stereocenters. The summed E-state index contributed by atoms with van der Waals surface area (Å²) in [4.78, 5) is 10.6. The van der Waals surface area contributed by atoms with Crippen molar-refractivity contribution in [2.45, 2.75) is 19.4 Å². The number of nitrogens with zero attached hydrogens (tertiary/aromatic N) is 3. The van der Waals surface area contributed by atoms with Crippen molar-refractivity contribution in [2.75, 3.05) is 24.7 Å². The minimum atomic E-state index is -0.145. The number of amidine groups is 1. The molecular weight excluding hydrogens is 218 g/mol. The minimum absolute atomic E-state index is 0.0419. The summed E-state index contributed by atoms with van der Waals surface area (Å²) in [5.74, 6) is 0.561. The monoisotopic (exact) mass is 235 g/mol. The number of morpholine rings is 1. The van der Waals surface area contributed by atoms with Crippen LogP contribution in [-0.2, 0) is 4.74 Å². The van der Waals surface area contributed by atoms with Gasteiger partial charge in [0.05, 0.1) is 18.8 Å². The van der Waals surface area contributed by atoms with Crippen LogP contribution < -0.4 is 10.6 Å². The first kappa shape index (κ1) is 11.8. The number of nitrogen functional groups attached to an aromatic ring is 1. The molecule has 3 N–H and O–H groups in total. The van der Waals surface area contributed by atoms with Crippen LogP contribution in [0.5, 0.6) is 0 Å². The van der Waals surface area contributed by atoms with E-state index in [0.717, 1.165) is 6.54 Å². The molecule has 2 heterocycles. The molecule has 1 aromatic rings. The predicted octanol–water partition coefficient (Wildman–Crippen LogP) is 0.376. The molecule has 1 saturated heterocycles. The van der Waals surface area contributed by atoms with Crippen molar-refractivity contribution in [1.29, 1.82) is 5.41 Å². The van der Waals surface area contributed by atoms with Gasteiger partial charge in [-0.25, -0.2) is 9.97 Å². The van der Waals surface area contributed by atoms with Crippen LogP contribution >= 0.6 is 0 Å². The first-order chi connectivity index (χ1) is 8.00. The Bertz CT molecular complexity index is 432. The maximum Gasteiger partial charge on any atom is 0.226 e. The molecule has 0 saturated carbocycles. The predicted molar refractivity (Wildman–Crippen MR) is 65.3 cm³/mol. The number of nitrogens with one attached hydrogen (secondary N) is 1. The Labute approximate surface area is 100 Å². The lowest BCUT2D eigenvalue weighted by Gasteiger charge is -2.42. The van der Waals surface area contributed by atoms with Gasteiger partial charge in [-0.05, 0) is 19.9 Å². The highest BCUT2D eigenvalue weighted by Gasteiger charge is 2.32. The molecule has 0 aliphatic carbocycles. The average Bonchev–Trinajstić information content (AvgIpc) is 2.28. The van der Waals surface area contributed by atoms with E-state index in [9.17, 15) is 0 Å².